The molecule has 0 saturated carbocycles. The average molecular weight is 372 g/mol. The van der Waals surface area contributed by atoms with E-state index in [0.717, 1.165) is 0 Å². The normalized spacial score (nSPS) is 10.2. The number of nitro groups is 1. The number of rotatable bonds is 5. The first-order chi connectivity index (χ1) is 10.0. The molecule has 0 saturated heterocycles. The Morgan fingerprint density at radius 3 is 2.90 bits per heavy atom. The van der Waals surface area contributed by atoms with Gasteiger partial charge in [-0.1, -0.05) is 6.07 Å². The van der Waals surface area contributed by atoms with Crippen LogP contribution in [0.25, 0.3) is 0 Å². The number of nitrogens with one attached hydrogen (secondary N) is 1. The van der Waals surface area contributed by atoms with Gasteiger partial charge in [0.15, 0.2) is 0 Å². The fourth-order valence-corrected chi connectivity index (χ4v) is 2.96. The Balaban J connectivity index is 2.18. The second-order valence-corrected chi connectivity index (χ2v) is 5.59. The Morgan fingerprint density at radius 1 is 1.48 bits per heavy atom. The molecular weight excluding hydrogens is 362 g/mol. The molecule has 7 nitrogen and oxygen atoms in total. The number of ether oxygens (including phenoxy) is 1. The number of amides is 1. The van der Waals surface area contributed by atoms with Crippen LogP contribution in [0.4, 0.5) is 5.69 Å². The van der Waals surface area contributed by atoms with Crippen LogP contribution in [0.3, 0.4) is 0 Å². The Labute approximate surface area is 132 Å². The number of hydrogen-bond acceptors (Lipinski definition) is 6. The van der Waals surface area contributed by atoms with Gasteiger partial charge in [-0.05, 0) is 33.4 Å². The van der Waals surface area contributed by atoms with E-state index in [2.05, 4.69) is 21.4 Å². The van der Waals surface area contributed by atoms with Gasteiger partial charge in [0.25, 0.3) is 11.6 Å². The fraction of sp³-hybridized carbons (Fsp3) is 0.0833. The van der Waals surface area contributed by atoms with Crippen molar-refractivity contribution in [3.8, 4) is 5.75 Å². The molecule has 0 fully saturated rings. The van der Waals surface area contributed by atoms with Crippen LogP contribution >= 0.6 is 27.3 Å². The topological polar surface area (TPSA) is 107 Å². The lowest BCUT2D eigenvalue weighted by molar-refractivity contribution is -0.385. The molecule has 3 N–H and O–H groups in total. The van der Waals surface area contributed by atoms with E-state index in [-0.39, 0.29) is 16.8 Å². The van der Waals surface area contributed by atoms with E-state index in [4.69, 9.17) is 10.6 Å². The minimum absolute atomic E-state index is 0.0854. The molecule has 21 heavy (non-hydrogen) atoms. The number of halogens is 1. The van der Waals surface area contributed by atoms with Crippen molar-refractivity contribution < 1.29 is 14.5 Å². The van der Waals surface area contributed by atoms with Gasteiger partial charge in [-0.2, -0.15) is 0 Å². The standard InChI is InChI=1S/C12H10BrN3O4S/c13-10-8(16(18)19)2-1-3-9(10)20-6-7-4-5-21-11(7)12(17)15-14/h1-5H,6,14H2,(H,15,17). The highest BCUT2D eigenvalue weighted by Crippen LogP contribution is 2.34. The minimum Gasteiger partial charge on any atom is -0.487 e. The first-order valence-corrected chi connectivity index (χ1v) is 7.35. The van der Waals surface area contributed by atoms with Crippen molar-refractivity contribution >= 4 is 38.9 Å². The maximum absolute atomic E-state index is 11.5. The van der Waals surface area contributed by atoms with Gasteiger partial charge in [-0.25, -0.2) is 5.84 Å². The van der Waals surface area contributed by atoms with Crippen LogP contribution in [0.15, 0.2) is 34.1 Å². The van der Waals surface area contributed by atoms with Crippen LogP contribution in [-0.4, -0.2) is 10.8 Å². The molecule has 0 aliphatic rings. The van der Waals surface area contributed by atoms with Gasteiger partial charge in [0.1, 0.15) is 16.8 Å². The van der Waals surface area contributed by atoms with Gasteiger partial charge in [-0.15, -0.1) is 11.3 Å². The zero-order chi connectivity index (χ0) is 15.4. The zero-order valence-electron chi connectivity index (χ0n) is 10.5. The van der Waals surface area contributed by atoms with E-state index in [1.807, 2.05) is 0 Å². The van der Waals surface area contributed by atoms with E-state index >= 15 is 0 Å². The number of hydrazine groups is 1. The first kappa shape index (κ1) is 15.4. The lowest BCUT2D eigenvalue weighted by Crippen LogP contribution is -2.30. The van der Waals surface area contributed by atoms with Gasteiger partial charge < -0.3 is 4.74 Å². The van der Waals surface area contributed by atoms with Crippen molar-refractivity contribution in [3.63, 3.8) is 0 Å². The molecule has 110 valence electrons. The van der Waals surface area contributed by atoms with Crippen molar-refractivity contribution in [2.24, 2.45) is 5.84 Å². The van der Waals surface area contributed by atoms with Gasteiger partial charge in [0, 0.05) is 11.6 Å². The molecule has 0 aliphatic heterocycles. The summed E-state index contributed by atoms with van der Waals surface area (Å²) in [6, 6.07) is 6.24. The highest BCUT2D eigenvalue weighted by Gasteiger charge is 2.17. The second kappa shape index (κ2) is 6.66. The molecular formula is C12H10BrN3O4S. The van der Waals surface area contributed by atoms with Crippen molar-refractivity contribution in [2.45, 2.75) is 6.61 Å². The summed E-state index contributed by atoms with van der Waals surface area (Å²) in [7, 11) is 0. The maximum atomic E-state index is 11.5. The quantitative estimate of drug-likeness (QED) is 0.363. The molecule has 1 amide bonds. The van der Waals surface area contributed by atoms with Crippen LogP contribution in [0.2, 0.25) is 0 Å². The summed E-state index contributed by atoms with van der Waals surface area (Å²) in [5.74, 6) is 5.03. The molecule has 9 heteroatoms. The third-order valence-electron chi connectivity index (χ3n) is 2.61. The van der Waals surface area contributed by atoms with E-state index in [1.165, 1.54) is 23.5 Å². The number of nitrogen functional groups attached to an aromatic ring is 1. The summed E-state index contributed by atoms with van der Waals surface area (Å²) in [4.78, 5) is 22.3. The second-order valence-electron chi connectivity index (χ2n) is 3.88. The summed E-state index contributed by atoms with van der Waals surface area (Å²) in [5.41, 5.74) is 2.63. The molecule has 0 unspecified atom stereocenters. The van der Waals surface area contributed by atoms with Gasteiger partial charge in [0.2, 0.25) is 0 Å². The predicted molar refractivity (Wildman–Crippen MR) is 81.1 cm³/mol. The van der Waals surface area contributed by atoms with Gasteiger partial charge >= 0.3 is 0 Å². The fourth-order valence-electron chi connectivity index (χ4n) is 1.62. The number of benzene rings is 1. The Morgan fingerprint density at radius 2 is 2.24 bits per heavy atom. The molecule has 2 rings (SSSR count). The molecule has 0 spiro atoms. The first-order valence-electron chi connectivity index (χ1n) is 5.67. The van der Waals surface area contributed by atoms with Crippen molar-refractivity contribution in [1.82, 2.24) is 5.43 Å². The summed E-state index contributed by atoms with van der Waals surface area (Å²) >= 11 is 4.38. The zero-order valence-corrected chi connectivity index (χ0v) is 12.9. The highest BCUT2D eigenvalue weighted by atomic mass is 79.9. The Bertz CT molecular complexity index is 689. The highest BCUT2D eigenvalue weighted by molar-refractivity contribution is 9.10. The molecule has 1 aromatic heterocycles. The third kappa shape index (κ3) is 3.38. The van der Waals surface area contributed by atoms with Crippen LogP contribution in [0.5, 0.6) is 5.75 Å². The largest absolute Gasteiger partial charge is 0.487 e. The van der Waals surface area contributed by atoms with Gasteiger partial charge in [0.05, 0.1) is 9.80 Å². The van der Waals surface area contributed by atoms with Crippen LogP contribution in [-0.2, 0) is 6.61 Å². The van der Waals surface area contributed by atoms with Crippen molar-refractivity contribution in [1.29, 1.82) is 0 Å². The molecule has 1 heterocycles. The number of nitrogens with zero attached hydrogens (tertiary/aromatic N) is 1. The van der Waals surface area contributed by atoms with Crippen molar-refractivity contribution in [2.75, 3.05) is 0 Å². The molecule has 0 atom stereocenters. The summed E-state index contributed by atoms with van der Waals surface area (Å²) in [6.07, 6.45) is 0. The number of thiophene rings is 1. The average Bonchev–Trinajstić information content (AvgIpc) is 2.93. The van der Waals surface area contributed by atoms with Crippen LogP contribution in [0, 0.1) is 10.1 Å². The van der Waals surface area contributed by atoms with Gasteiger partial charge in [-0.3, -0.25) is 20.3 Å². The maximum Gasteiger partial charge on any atom is 0.287 e. The summed E-state index contributed by atoms with van der Waals surface area (Å²) in [6.45, 7) is 0.103. The number of nitro benzene ring substituents is 1. The molecule has 0 bridgehead atoms. The molecule has 1 aromatic carbocycles. The number of hydrogen-bond donors (Lipinski definition) is 2. The van der Waals surface area contributed by atoms with E-state index < -0.39 is 10.8 Å². The SMILES string of the molecule is NNC(=O)c1sccc1COc1cccc([N+](=O)[O-])c1Br. The monoisotopic (exact) mass is 371 g/mol. The number of nitrogens with two attached hydrogens (primary N) is 1. The molecule has 2 aromatic rings. The molecule has 0 radical (unpaired) electrons. The third-order valence-corrected chi connectivity index (χ3v) is 4.36. The lowest BCUT2D eigenvalue weighted by Gasteiger charge is -2.08. The predicted octanol–water partition coefficient (Wildman–Crippen LogP) is 2.60. The number of carbonyl (C=O) groups is 1. The van der Waals surface area contributed by atoms with E-state index in [1.54, 1.807) is 17.5 Å². The lowest BCUT2D eigenvalue weighted by atomic mass is 10.2. The number of carbonyl (C=O) groups excluding carboxylic acids is 1. The van der Waals surface area contributed by atoms with E-state index in [9.17, 15) is 14.9 Å². The van der Waals surface area contributed by atoms with Crippen molar-refractivity contribution in [3.05, 3.63) is 54.7 Å². The molecule has 0 aliphatic carbocycles. The van der Waals surface area contributed by atoms with Crippen LogP contribution < -0.4 is 16.0 Å². The minimum atomic E-state index is -0.505. The van der Waals surface area contributed by atoms with Crippen LogP contribution in [0.1, 0.15) is 15.2 Å². The summed E-state index contributed by atoms with van der Waals surface area (Å²) < 4.78 is 5.80. The Hall–Kier alpha value is -1.97. The Kier molecular flexibility index (Phi) is 4.89. The van der Waals surface area contributed by atoms with E-state index in [0.29, 0.717) is 16.2 Å². The summed E-state index contributed by atoms with van der Waals surface area (Å²) in [5, 5.41) is 12.6. The smallest absolute Gasteiger partial charge is 0.287 e.